The van der Waals surface area contributed by atoms with Crippen molar-refractivity contribution in [2.24, 2.45) is 17.6 Å². The van der Waals surface area contributed by atoms with Gasteiger partial charge in [0, 0.05) is 24.4 Å². The largest absolute Gasteiger partial charge is 0.327 e. The smallest absolute Gasteiger partial charge is 0.0419 e. The quantitative estimate of drug-likeness (QED) is 0.847. The fourth-order valence-electron chi connectivity index (χ4n) is 2.82. The van der Waals surface area contributed by atoms with Gasteiger partial charge in [0.15, 0.2) is 0 Å². The molecule has 3 atom stereocenters. The van der Waals surface area contributed by atoms with Crippen molar-refractivity contribution in [3.05, 3.63) is 29.6 Å². The molecule has 1 aromatic heterocycles. The van der Waals surface area contributed by atoms with E-state index in [1.165, 1.54) is 24.8 Å². The molecular weight excluding hydrogens is 196 g/mol. The second kappa shape index (κ2) is 4.96. The van der Waals surface area contributed by atoms with Crippen LogP contribution < -0.4 is 5.73 Å². The van der Waals surface area contributed by atoms with Gasteiger partial charge in [0.05, 0.1) is 0 Å². The standard InChI is InChI=1S/C14H22N2/c1-10-6-7-12(16-9-10)8-14(15)13-5-3-4-11(13)2/h6-7,9,11,13-14H,3-5,8,15H2,1-2H3. The van der Waals surface area contributed by atoms with Crippen molar-refractivity contribution in [3.63, 3.8) is 0 Å². The molecule has 0 saturated heterocycles. The predicted molar refractivity (Wildman–Crippen MR) is 67.2 cm³/mol. The van der Waals surface area contributed by atoms with Crippen LogP contribution in [0, 0.1) is 18.8 Å². The molecule has 1 aromatic rings. The maximum Gasteiger partial charge on any atom is 0.0419 e. The van der Waals surface area contributed by atoms with Gasteiger partial charge in [-0.25, -0.2) is 0 Å². The molecule has 0 aromatic carbocycles. The molecule has 0 radical (unpaired) electrons. The molecule has 2 N–H and O–H groups in total. The summed E-state index contributed by atoms with van der Waals surface area (Å²) in [6.45, 7) is 4.40. The second-order valence-corrected chi connectivity index (χ2v) is 5.27. The SMILES string of the molecule is Cc1ccc(CC(N)C2CCCC2C)nc1. The number of aryl methyl sites for hydroxylation is 1. The van der Waals surface area contributed by atoms with Crippen LogP contribution in [0.2, 0.25) is 0 Å². The van der Waals surface area contributed by atoms with E-state index in [1.54, 1.807) is 0 Å². The Kier molecular flexibility index (Phi) is 3.59. The number of pyridine rings is 1. The first kappa shape index (κ1) is 11.6. The van der Waals surface area contributed by atoms with Gasteiger partial charge in [-0.3, -0.25) is 4.98 Å². The Balaban J connectivity index is 1.96. The summed E-state index contributed by atoms with van der Waals surface area (Å²) in [6, 6.07) is 4.51. The van der Waals surface area contributed by atoms with Gasteiger partial charge in [0.2, 0.25) is 0 Å². The van der Waals surface area contributed by atoms with E-state index in [9.17, 15) is 0 Å². The maximum atomic E-state index is 6.30. The van der Waals surface area contributed by atoms with E-state index >= 15 is 0 Å². The number of nitrogens with zero attached hydrogens (tertiary/aromatic N) is 1. The fourth-order valence-corrected chi connectivity index (χ4v) is 2.82. The second-order valence-electron chi connectivity index (χ2n) is 5.27. The number of hydrogen-bond acceptors (Lipinski definition) is 2. The number of nitrogens with two attached hydrogens (primary N) is 1. The lowest BCUT2D eigenvalue weighted by Gasteiger charge is -2.22. The van der Waals surface area contributed by atoms with E-state index in [0.29, 0.717) is 5.92 Å². The fraction of sp³-hybridized carbons (Fsp3) is 0.643. The number of hydrogen-bond donors (Lipinski definition) is 1. The van der Waals surface area contributed by atoms with Crippen molar-refractivity contribution in [3.8, 4) is 0 Å². The average Bonchev–Trinajstić information content (AvgIpc) is 2.68. The molecule has 0 spiro atoms. The first-order chi connectivity index (χ1) is 7.66. The highest BCUT2D eigenvalue weighted by Crippen LogP contribution is 2.33. The van der Waals surface area contributed by atoms with Gasteiger partial charge in [-0.1, -0.05) is 25.8 Å². The van der Waals surface area contributed by atoms with Crippen LogP contribution in [0.25, 0.3) is 0 Å². The van der Waals surface area contributed by atoms with Crippen molar-refractivity contribution >= 4 is 0 Å². The molecule has 0 bridgehead atoms. The minimum Gasteiger partial charge on any atom is -0.327 e. The third kappa shape index (κ3) is 2.62. The lowest BCUT2D eigenvalue weighted by atomic mass is 9.88. The van der Waals surface area contributed by atoms with Crippen molar-refractivity contribution in [2.75, 3.05) is 0 Å². The summed E-state index contributed by atoms with van der Waals surface area (Å²) >= 11 is 0. The summed E-state index contributed by atoms with van der Waals surface area (Å²) in [5, 5.41) is 0. The maximum absolute atomic E-state index is 6.30. The Morgan fingerprint density at radius 3 is 2.81 bits per heavy atom. The zero-order valence-electron chi connectivity index (χ0n) is 10.3. The summed E-state index contributed by atoms with van der Waals surface area (Å²) < 4.78 is 0. The predicted octanol–water partition coefficient (Wildman–Crippen LogP) is 2.70. The van der Waals surface area contributed by atoms with Crippen molar-refractivity contribution in [2.45, 2.75) is 45.6 Å². The molecule has 16 heavy (non-hydrogen) atoms. The summed E-state index contributed by atoms with van der Waals surface area (Å²) in [5.41, 5.74) is 8.65. The van der Waals surface area contributed by atoms with Gasteiger partial charge >= 0.3 is 0 Å². The van der Waals surface area contributed by atoms with Gasteiger partial charge in [-0.05, 0) is 36.8 Å². The lowest BCUT2D eigenvalue weighted by Crippen LogP contribution is -2.34. The van der Waals surface area contributed by atoms with E-state index in [2.05, 4.69) is 31.0 Å². The van der Waals surface area contributed by atoms with Gasteiger partial charge in [0.25, 0.3) is 0 Å². The Labute approximate surface area is 98.3 Å². The van der Waals surface area contributed by atoms with Gasteiger partial charge in [-0.15, -0.1) is 0 Å². The first-order valence-corrected chi connectivity index (χ1v) is 6.34. The van der Waals surface area contributed by atoms with E-state index in [-0.39, 0.29) is 6.04 Å². The van der Waals surface area contributed by atoms with Crippen molar-refractivity contribution < 1.29 is 0 Å². The summed E-state index contributed by atoms with van der Waals surface area (Å²) in [5.74, 6) is 1.49. The molecule has 88 valence electrons. The van der Waals surface area contributed by atoms with Crippen LogP contribution in [-0.2, 0) is 6.42 Å². The van der Waals surface area contributed by atoms with Gasteiger partial charge in [0.1, 0.15) is 0 Å². The third-order valence-electron chi connectivity index (χ3n) is 3.90. The topological polar surface area (TPSA) is 38.9 Å². The van der Waals surface area contributed by atoms with Crippen LogP contribution in [0.3, 0.4) is 0 Å². The average molecular weight is 218 g/mol. The Morgan fingerprint density at radius 1 is 1.44 bits per heavy atom. The number of rotatable bonds is 3. The highest BCUT2D eigenvalue weighted by Gasteiger charge is 2.28. The lowest BCUT2D eigenvalue weighted by molar-refractivity contribution is 0.341. The molecular formula is C14H22N2. The Morgan fingerprint density at radius 2 is 2.25 bits per heavy atom. The zero-order valence-corrected chi connectivity index (χ0v) is 10.3. The molecule has 1 heterocycles. The molecule has 2 nitrogen and oxygen atoms in total. The molecule has 0 aliphatic heterocycles. The normalized spacial score (nSPS) is 26.9. The highest BCUT2D eigenvalue weighted by atomic mass is 14.7. The molecule has 0 amide bonds. The van der Waals surface area contributed by atoms with Gasteiger partial charge in [-0.2, -0.15) is 0 Å². The first-order valence-electron chi connectivity index (χ1n) is 6.34. The summed E-state index contributed by atoms with van der Waals surface area (Å²) in [4.78, 5) is 4.43. The van der Waals surface area contributed by atoms with E-state index < -0.39 is 0 Å². The van der Waals surface area contributed by atoms with Crippen molar-refractivity contribution in [1.29, 1.82) is 0 Å². The Hall–Kier alpha value is -0.890. The molecule has 2 rings (SSSR count). The molecule has 1 saturated carbocycles. The monoisotopic (exact) mass is 218 g/mol. The summed E-state index contributed by atoms with van der Waals surface area (Å²) in [6.07, 6.45) is 6.85. The van der Waals surface area contributed by atoms with Crippen LogP contribution in [0.1, 0.15) is 37.4 Å². The van der Waals surface area contributed by atoms with E-state index in [4.69, 9.17) is 5.73 Å². The van der Waals surface area contributed by atoms with Crippen molar-refractivity contribution in [1.82, 2.24) is 4.98 Å². The number of aromatic nitrogens is 1. The minimum atomic E-state index is 0.285. The molecule has 1 aliphatic rings. The molecule has 1 fully saturated rings. The van der Waals surface area contributed by atoms with E-state index in [1.807, 2.05) is 6.20 Å². The zero-order chi connectivity index (χ0) is 11.5. The highest BCUT2D eigenvalue weighted by molar-refractivity contribution is 5.13. The summed E-state index contributed by atoms with van der Waals surface area (Å²) in [7, 11) is 0. The van der Waals surface area contributed by atoms with Gasteiger partial charge < -0.3 is 5.73 Å². The van der Waals surface area contributed by atoms with Crippen LogP contribution >= 0.6 is 0 Å². The van der Waals surface area contributed by atoms with E-state index in [0.717, 1.165) is 18.0 Å². The third-order valence-corrected chi connectivity index (χ3v) is 3.90. The molecule has 1 aliphatic carbocycles. The van der Waals surface area contributed by atoms with Crippen LogP contribution in [0.4, 0.5) is 0 Å². The van der Waals surface area contributed by atoms with Crippen LogP contribution in [0.5, 0.6) is 0 Å². The molecule has 3 unspecified atom stereocenters. The van der Waals surface area contributed by atoms with Crippen LogP contribution in [-0.4, -0.2) is 11.0 Å². The molecule has 2 heteroatoms. The van der Waals surface area contributed by atoms with Crippen LogP contribution in [0.15, 0.2) is 18.3 Å². The Bertz CT molecular complexity index is 331. The minimum absolute atomic E-state index is 0.285.